The van der Waals surface area contributed by atoms with Gasteiger partial charge in [-0.2, -0.15) is 0 Å². The fraction of sp³-hybridized carbons (Fsp3) is 0.154. The summed E-state index contributed by atoms with van der Waals surface area (Å²) in [4.78, 5) is 12.6. The summed E-state index contributed by atoms with van der Waals surface area (Å²) in [7, 11) is 0. The highest BCUT2D eigenvalue weighted by Gasteiger charge is 2.04. The van der Waals surface area contributed by atoms with Gasteiger partial charge in [0, 0.05) is 11.4 Å². The van der Waals surface area contributed by atoms with Gasteiger partial charge in [-0.25, -0.2) is 0 Å². The molecule has 0 heterocycles. The van der Waals surface area contributed by atoms with E-state index >= 15 is 0 Å². The van der Waals surface area contributed by atoms with E-state index in [1.54, 1.807) is 4.90 Å². The average Bonchev–Trinajstić information content (AvgIpc) is 2.29. The molecular formula is C13H15NO. The van der Waals surface area contributed by atoms with E-state index in [1.165, 1.54) is 0 Å². The van der Waals surface area contributed by atoms with Crippen LogP contribution in [0.3, 0.4) is 0 Å². The van der Waals surface area contributed by atoms with E-state index in [0.717, 1.165) is 17.8 Å². The van der Waals surface area contributed by atoms with Gasteiger partial charge in [-0.15, -0.1) is 0 Å². The van der Waals surface area contributed by atoms with E-state index in [4.69, 9.17) is 0 Å². The van der Waals surface area contributed by atoms with E-state index in [9.17, 15) is 4.79 Å². The summed E-state index contributed by atoms with van der Waals surface area (Å²) < 4.78 is 0. The molecule has 15 heavy (non-hydrogen) atoms. The summed E-state index contributed by atoms with van der Waals surface area (Å²) in [5.41, 5.74) is 1.78. The van der Waals surface area contributed by atoms with E-state index in [-0.39, 0.29) is 0 Å². The van der Waals surface area contributed by atoms with Crippen molar-refractivity contribution < 1.29 is 4.79 Å². The van der Waals surface area contributed by atoms with Crippen LogP contribution in [-0.2, 0) is 4.79 Å². The van der Waals surface area contributed by atoms with Crippen LogP contribution in [-0.4, -0.2) is 6.41 Å². The van der Waals surface area contributed by atoms with E-state index in [1.807, 2.05) is 62.4 Å². The molecule has 0 aromatic heterocycles. The van der Waals surface area contributed by atoms with Crippen molar-refractivity contribution in [1.29, 1.82) is 0 Å². The Morgan fingerprint density at radius 2 is 1.93 bits per heavy atom. The number of para-hydroxylation sites is 1. The second kappa shape index (κ2) is 5.81. The molecule has 0 saturated carbocycles. The lowest BCUT2D eigenvalue weighted by Crippen LogP contribution is -2.18. The van der Waals surface area contributed by atoms with Gasteiger partial charge in [0.25, 0.3) is 0 Å². The first kappa shape index (κ1) is 11.2. The molecule has 2 nitrogen and oxygen atoms in total. The van der Waals surface area contributed by atoms with Gasteiger partial charge in [0.05, 0.1) is 0 Å². The molecule has 1 rings (SSSR count). The number of rotatable bonds is 4. The number of nitrogens with zero attached hydrogens (tertiary/aromatic N) is 1. The largest absolute Gasteiger partial charge is 0.288 e. The molecule has 1 aromatic rings. The molecule has 0 unspecified atom stereocenters. The Hall–Kier alpha value is -1.83. The first-order chi connectivity index (χ1) is 7.29. The number of carbonyl (C=O) groups is 1. The van der Waals surface area contributed by atoms with Crippen molar-refractivity contribution in [2.45, 2.75) is 13.8 Å². The Morgan fingerprint density at radius 1 is 1.27 bits per heavy atom. The third-order valence-electron chi connectivity index (χ3n) is 2.05. The van der Waals surface area contributed by atoms with Crippen molar-refractivity contribution in [2.75, 3.05) is 4.90 Å². The highest BCUT2D eigenvalue weighted by molar-refractivity contribution is 5.79. The molecule has 0 spiro atoms. The van der Waals surface area contributed by atoms with Crippen LogP contribution in [0.2, 0.25) is 0 Å². The zero-order valence-corrected chi connectivity index (χ0v) is 9.05. The number of amides is 1. The third kappa shape index (κ3) is 3.09. The molecule has 1 amide bonds. The van der Waals surface area contributed by atoms with Gasteiger partial charge in [-0.1, -0.05) is 30.4 Å². The summed E-state index contributed by atoms with van der Waals surface area (Å²) in [6.45, 7) is 3.85. The molecule has 78 valence electrons. The van der Waals surface area contributed by atoms with Crippen LogP contribution in [0.15, 0.2) is 54.3 Å². The minimum Gasteiger partial charge on any atom is -0.288 e. The zero-order valence-electron chi connectivity index (χ0n) is 9.05. The van der Waals surface area contributed by atoms with Crippen molar-refractivity contribution in [3.8, 4) is 0 Å². The second-order valence-corrected chi connectivity index (χ2v) is 3.14. The number of benzene rings is 1. The van der Waals surface area contributed by atoms with Gasteiger partial charge in [-0.3, -0.25) is 9.69 Å². The van der Waals surface area contributed by atoms with Crippen LogP contribution in [0.4, 0.5) is 5.69 Å². The quantitative estimate of drug-likeness (QED) is 0.541. The maximum atomic E-state index is 11.0. The first-order valence-corrected chi connectivity index (χ1v) is 4.88. The molecule has 0 radical (unpaired) electrons. The Labute approximate surface area is 90.5 Å². The molecule has 0 aliphatic carbocycles. The predicted octanol–water partition coefficient (Wildman–Crippen LogP) is 3.13. The lowest BCUT2D eigenvalue weighted by atomic mass is 10.2. The standard InChI is InChI=1S/C13H15NO/c1-3-4-8-12(2)14(11-15)13-9-6-5-7-10-13/h3-11H,1-2H3/b4-3-,12-8?. The molecule has 0 N–H and O–H groups in total. The smallest absolute Gasteiger partial charge is 0.218 e. The molecule has 0 aliphatic heterocycles. The topological polar surface area (TPSA) is 20.3 Å². The molecule has 0 bridgehead atoms. The average molecular weight is 201 g/mol. The van der Waals surface area contributed by atoms with E-state index in [2.05, 4.69) is 0 Å². The van der Waals surface area contributed by atoms with Gasteiger partial charge in [0.2, 0.25) is 6.41 Å². The predicted molar refractivity (Wildman–Crippen MR) is 63.6 cm³/mol. The fourth-order valence-electron chi connectivity index (χ4n) is 1.25. The molecule has 0 aliphatic rings. The van der Waals surface area contributed by atoms with Crippen LogP contribution in [0.1, 0.15) is 13.8 Å². The van der Waals surface area contributed by atoms with Crippen LogP contribution < -0.4 is 4.90 Å². The maximum absolute atomic E-state index is 11.0. The minimum absolute atomic E-state index is 0.824. The van der Waals surface area contributed by atoms with Gasteiger partial charge in [-0.05, 0) is 32.1 Å². The van der Waals surface area contributed by atoms with Gasteiger partial charge < -0.3 is 0 Å². The van der Waals surface area contributed by atoms with Crippen molar-refractivity contribution in [1.82, 2.24) is 0 Å². The first-order valence-electron chi connectivity index (χ1n) is 4.88. The Bertz CT molecular complexity index is 365. The summed E-state index contributed by atoms with van der Waals surface area (Å²) in [5, 5.41) is 0. The lowest BCUT2D eigenvalue weighted by Gasteiger charge is -2.17. The highest BCUT2D eigenvalue weighted by Crippen LogP contribution is 2.16. The van der Waals surface area contributed by atoms with Gasteiger partial charge in [0.1, 0.15) is 0 Å². The van der Waals surface area contributed by atoms with E-state index < -0.39 is 0 Å². The van der Waals surface area contributed by atoms with E-state index in [0.29, 0.717) is 0 Å². The number of hydrogen-bond donors (Lipinski definition) is 0. The normalized spacial score (nSPS) is 11.7. The maximum Gasteiger partial charge on any atom is 0.218 e. The Kier molecular flexibility index (Phi) is 4.35. The second-order valence-electron chi connectivity index (χ2n) is 3.14. The Balaban J connectivity index is 2.94. The summed E-state index contributed by atoms with van der Waals surface area (Å²) in [6, 6.07) is 9.56. The Morgan fingerprint density at radius 3 is 2.47 bits per heavy atom. The molecule has 0 fully saturated rings. The van der Waals surface area contributed by atoms with Crippen molar-refractivity contribution in [2.24, 2.45) is 0 Å². The number of anilines is 1. The van der Waals surface area contributed by atoms with Crippen LogP contribution in [0, 0.1) is 0 Å². The SMILES string of the molecule is C/C=C\C=C(C)N(C=O)c1ccccc1. The molecular weight excluding hydrogens is 186 g/mol. The third-order valence-corrected chi connectivity index (χ3v) is 2.05. The van der Waals surface area contributed by atoms with Crippen molar-refractivity contribution in [3.05, 3.63) is 54.3 Å². The van der Waals surface area contributed by atoms with Crippen LogP contribution in [0.25, 0.3) is 0 Å². The lowest BCUT2D eigenvalue weighted by molar-refractivity contribution is -0.107. The molecule has 1 aromatic carbocycles. The molecule has 0 saturated heterocycles. The number of carbonyl (C=O) groups excluding carboxylic acids is 1. The summed E-state index contributed by atoms with van der Waals surface area (Å²) in [6.07, 6.45) is 6.57. The van der Waals surface area contributed by atoms with Crippen LogP contribution in [0.5, 0.6) is 0 Å². The van der Waals surface area contributed by atoms with Crippen molar-refractivity contribution in [3.63, 3.8) is 0 Å². The zero-order chi connectivity index (χ0) is 11.1. The van der Waals surface area contributed by atoms with Gasteiger partial charge in [0.15, 0.2) is 0 Å². The summed E-state index contributed by atoms with van der Waals surface area (Å²) >= 11 is 0. The van der Waals surface area contributed by atoms with Crippen LogP contribution >= 0.6 is 0 Å². The fourth-order valence-corrected chi connectivity index (χ4v) is 1.25. The highest BCUT2D eigenvalue weighted by atomic mass is 16.1. The molecule has 2 heteroatoms. The minimum atomic E-state index is 0.824. The monoisotopic (exact) mass is 201 g/mol. The number of hydrogen-bond acceptors (Lipinski definition) is 1. The van der Waals surface area contributed by atoms with Crippen molar-refractivity contribution >= 4 is 12.1 Å². The summed E-state index contributed by atoms with van der Waals surface area (Å²) in [5.74, 6) is 0. The van der Waals surface area contributed by atoms with Gasteiger partial charge >= 0.3 is 0 Å². The molecule has 0 atom stereocenters. The number of allylic oxidation sites excluding steroid dienone is 4.